The van der Waals surface area contributed by atoms with Gasteiger partial charge in [-0.2, -0.15) is 0 Å². The van der Waals surface area contributed by atoms with Crippen LogP contribution in [0.2, 0.25) is 0 Å². The Morgan fingerprint density at radius 1 is 1.53 bits per heavy atom. The van der Waals surface area contributed by atoms with Crippen LogP contribution in [0.15, 0.2) is 23.8 Å². The van der Waals surface area contributed by atoms with Gasteiger partial charge in [0.15, 0.2) is 0 Å². The summed E-state index contributed by atoms with van der Waals surface area (Å²) < 4.78 is 1.41. The van der Waals surface area contributed by atoms with Gasteiger partial charge in [0, 0.05) is 4.88 Å². The lowest BCUT2D eigenvalue weighted by Crippen LogP contribution is -2.38. The van der Waals surface area contributed by atoms with Crippen LogP contribution in [0.1, 0.15) is 31.7 Å². The normalized spacial score (nSPS) is 13.2. The van der Waals surface area contributed by atoms with E-state index in [2.05, 4.69) is 41.6 Å². The first-order valence-electron chi connectivity index (χ1n) is 6.00. The maximum absolute atomic E-state index is 12.0. The zero-order valence-electron chi connectivity index (χ0n) is 11.2. The van der Waals surface area contributed by atoms with Crippen LogP contribution < -0.4 is 5.32 Å². The Hall–Kier alpha value is -1.76. The van der Waals surface area contributed by atoms with E-state index in [-0.39, 0.29) is 23.9 Å². The van der Waals surface area contributed by atoms with Crippen LogP contribution >= 0.6 is 11.3 Å². The van der Waals surface area contributed by atoms with Gasteiger partial charge in [-0.05, 0) is 27.3 Å². The van der Waals surface area contributed by atoms with E-state index in [1.165, 1.54) is 11.0 Å². The van der Waals surface area contributed by atoms with Crippen LogP contribution in [0.4, 0.5) is 0 Å². The fraction of sp³-hybridized carbons (Fsp3) is 0.500. The second-order valence-electron chi connectivity index (χ2n) is 5.39. The first-order chi connectivity index (χ1) is 8.97. The van der Waals surface area contributed by atoms with E-state index in [1.54, 1.807) is 11.3 Å². The van der Waals surface area contributed by atoms with Crippen LogP contribution in [0.5, 0.6) is 0 Å². The molecular weight excluding hydrogens is 262 g/mol. The van der Waals surface area contributed by atoms with Crippen molar-refractivity contribution in [1.29, 1.82) is 0 Å². The van der Waals surface area contributed by atoms with Gasteiger partial charge in [0.2, 0.25) is 5.91 Å². The molecule has 0 aliphatic rings. The van der Waals surface area contributed by atoms with E-state index in [0.29, 0.717) is 0 Å². The lowest BCUT2D eigenvalue weighted by Gasteiger charge is -2.30. The molecule has 0 fully saturated rings. The van der Waals surface area contributed by atoms with Gasteiger partial charge in [0.05, 0.1) is 6.04 Å². The van der Waals surface area contributed by atoms with Crippen molar-refractivity contribution in [2.45, 2.75) is 33.4 Å². The van der Waals surface area contributed by atoms with E-state index in [4.69, 9.17) is 0 Å². The molecule has 0 unspecified atom stereocenters. The van der Waals surface area contributed by atoms with Crippen molar-refractivity contribution in [3.05, 3.63) is 28.7 Å². The standard InChI is InChI=1S/C12H17N5OS/c1-12(2,3)11(9-5-4-6-19-9)14-10(18)7-17-8-13-15-16-17/h4-6,8,11H,7H2,1-3H3,(H,14,18)/t11-/m1/s1. The molecule has 6 nitrogen and oxygen atoms in total. The molecule has 102 valence electrons. The first kappa shape index (κ1) is 13.7. The summed E-state index contributed by atoms with van der Waals surface area (Å²) in [7, 11) is 0. The molecule has 1 N–H and O–H groups in total. The average Bonchev–Trinajstić information content (AvgIpc) is 2.96. The van der Waals surface area contributed by atoms with E-state index < -0.39 is 0 Å². The van der Waals surface area contributed by atoms with Crippen molar-refractivity contribution in [1.82, 2.24) is 25.5 Å². The van der Waals surface area contributed by atoms with Gasteiger partial charge in [0.1, 0.15) is 12.9 Å². The summed E-state index contributed by atoms with van der Waals surface area (Å²) in [4.78, 5) is 13.2. The predicted molar refractivity (Wildman–Crippen MR) is 72.5 cm³/mol. The molecule has 0 aromatic carbocycles. The van der Waals surface area contributed by atoms with Crippen LogP contribution in [-0.2, 0) is 11.3 Å². The Morgan fingerprint density at radius 3 is 2.84 bits per heavy atom. The molecule has 0 bridgehead atoms. The number of carbonyl (C=O) groups is 1. The summed E-state index contributed by atoms with van der Waals surface area (Å²) in [6, 6.07) is 4.01. The quantitative estimate of drug-likeness (QED) is 0.923. The van der Waals surface area contributed by atoms with Gasteiger partial charge in [-0.25, -0.2) is 4.68 Å². The van der Waals surface area contributed by atoms with E-state index in [1.807, 2.05) is 17.5 Å². The predicted octanol–water partition coefficient (Wildman–Crippen LogP) is 1.64. The Kier molecular flexibility index (Phi) is 3.94. The molecule has 19 heavy (non-hydrogen) atoms. The molecule has 0 saturated heterocycles. The third-order valence-corrected chi connectivity index (χ3v) is 3.63. The zero-order chi connectivity index (χ0) is 13.9. The molecule has 7 heteroatoms. The van der Waals surface area contributed by atoms with Crippen molar-refractivity contribution in [2.75, 3.05) is 0 Å². The highest BCUT2D eigenvalue weighted by Crippen LogP contribution is 2.34. The number of hydrogen-bond acceptors (Lipinski definition) is 5. The molecule has 1 atom stereocenters. The second-order valence-corrected chi connectivity index (χ2v) is 6.37. The van der Waals surface area contributed by atoms with E-state index in [0.717, 1.165) is 4.88 Å². The molecule has 0 spiro atoms. The van der Waals surface area contributed by atoms with Gasteiger partial charge in [-0.3, -0.25) is 4.79 Å². The molecule has 2 aromatic heterocycles. The Bertz CT molecular complexity index is 515. The summed E-state index contributed by atoms with van der Waals surface area (Å²) in [6.07, 6.45) is 1.43. The largest absolute Gasteiger partial charge is 0.346 e. The molecule has 2 aromatic rings. The minimum absolute atomic E-state index is 0.0171. The van der Waals surface area contributed by atoms with E-state index >= 15 is 0 Å². The number of hydrogen-bond donors (Lipinski definition) is 1. The third-order valence-electron chi connectivity index (χ3n) is 2.70. The van der Waals surface area contributed by atoms with Gasteiger partial charge in [-0.15, -0.1) is 16.4 Å². The topological polar surface area (TPSA) is 72.7 Å². The van der Waals surface area contributed by atoms with Crippen molar-refractivity contribution in [3.8, 4) is 0 Å². The summed E-state index contributed by atoms with van der Waals surface area (Å²) in [6.45, 7) is 6.45. The molecule has 0 aliphatic heterocycles. The number of nitrogens with zero attached hydrogens (tertiary/aromatic N) is 4. The SMILES string of the molecule is CC(C)(C)[C@H](NC(=O)Cn1cnnn1)c1cccs1. The van der Waals surface area contributed by atoms with Crippen LogP contribution in [0.3, 0.4) is 0 Å². The number of aromatic nitrogens is 4. The summed E-state index contributed by atoms with van der Waals surface area (Å²) in [5.74, 6) is -0.0966. The summed E-state index contributed by atoms with van der Waals surface area (Å²) >= 11 is 1.65. The van der Waals surface area contributed by atoms with Gasteiger partial charge in [0.25, 0.3) is 0 Å². The molecule has 0 radical (unpaired) electrons. The number of tetrazole rings is 1. The monoisotopic (exact) mass is 279 g/mol. The molecule has 1 amide bonds. The summed E-state index contributed by atoms with van der Waals surface area (Å²) in [5, 5.41) is 15.8. The lowest BCUT2D eigenvalue weighted by molar-refractivity contribution is -0.123. The van der Waals surface area contributed by atoms with E-state index in [9.17, 15) is 4.79 Å². The molecule has 0 aliphatic carbocycles. The van der Waals surface area contributed by atoms with Crippen LogP contribution in [0.25, 0.3) is 0 Å². The second kappa shape index (κ2) is 5.48. The third kappa shape index (κ3) is 3.60. The number of carbonyl (C=O) groups excluding carboxylic acids is 1. The van der Waals surface area contributed by atoms with Gasteiger partial charge >= 0.3 is 0 Å². The molecule has 2 heterocycles. The summed E-state index contributed by atoms with van der Waals surface area (Å²) in [5.41, 5.74) is -0.0544. The van der Waals surface area contributed by atoms with Crippen molar-refractivity contribution < 1.29 is 4.79 Å². The maximum Gasteiger partial charge on any atom is 0.242 e. The van der Waals surface area contributed by atoms with Crippen LogP contribution in [-0.4, -0.2) is 26.1 Å². The average molecular weight is 279 g/mol. The van der Waals surface area contributed by atoms with Crippen molar-refractivity contribution in [3.63, 3.8) is 0 Å². The zero-order valence-corrected chi connectivity index (χ0v) is 12.0. The van der Waals surface area contributed by atoms with Gasteiger partial charge in [-0.1, -0.05) is 26.8 Å². The van der Waals surface area contributed by atoms with Crippen LogP contribution in [0, 0.1) is 5.41 Å². The highest BCUT2D eigenvalue weighted by atomic mass is 32.1. The number of amides is 1. The highest BCUT2D eigenvalue weighted by molar-refractivity contribution is 7.10. The molecule has 0 saturated carbocycles. The fourth-order valence-electron chi connectivity index (χ4n) is 1.78. The first-order valence-corrected chi connectivity index (χ1v) is 6.88. The van der Waals surface area contributed by atoms with Crippen molar-refractivity contribution in [2.24, 2.45) is 5.41 Å². The Labute approximate surface area is 115 Å². The minimum Gasteiger partial charge on any atom is -0.346 e. The highest BCUT2D eigenvalue weighted by Gasteiger charge is 2.28. The maximum atomic E-state index is 12.0. The smallest absolute Gasteiger partial charge is 0.242 e. The Morgan fingerprint density at radius 2 is 2.32 bits per heavy atom. The number of nitrogens with one attached hydrogen (secondary N) is 1. The molecule has 2 rings (SSSR count). The Balaban J connectivity index is 2.07. The van der Waals surface area contributed by atoms with Crippen molar-refractivity contribution >= 4 is 17.2 Å². The molecular formula is C12H17N5OS. The number of thiophene rings is 1. The number of rotatable bonds is 4. The minimum atomic E-state index is -0.0966. The fourth-order valence-corrected chi connectivity index (χ4v) is 2.80. The van der Waals surface area contributed by atoms with Gasteiger partial charge < -0.3 is 5.32 Å². The lowest BCUT2D eigenvalue weighted by atomic mass is 9.86.